The molecule has 0 aliphatic heterocycles. The third-order valence-corrected chi connectivity index (χ3v) is 3.78. The van der Waals surface area contributed by atoms with E-state index in [4.69, 9.17) is 0 Å². The van der Waals surface area contributed by atoms with Crippen LogP contribution in [-0.2, 0) is 10.0 Å². The zero-order chi connectivity index (χ0) is 11.8. The van der Waals surface area contributed by atoms with Gasteiger partial charge in [0.05, 0.1) is 22.1 Å². The second-order valence-corrected chi connectivity index (χ2v) is 5.71. The fourth-order valence-corrected chi connectivity index (χ4v) is 1.88. The topological polar surface area (TPSA) is 95.1 Å². The summed E-state index contributed by atoms with van der Waals surface area (Å²) in [7, 11) is -3.61. The van der Waals surface area contributed by atoms with Crippen molar-refractivity contribution in [3.05, 3.63) is 21.9 Å². The molecular weight excluding hydrogens is 222 g/mol. The van der Waals surface area contributed by atoms with E-state index in [9.17, 15) is 18.5 Å². The van der Waals surface area contributed by atoms with E-state index in [0.717, 1.165) is 6.20 Å². The lowest BCUT2D eigenvalue weighted by molar-refractivity contribution is -0.390. The lowest BCUT2D eigenvalue weighted by Gasteiger charge is -2.02. The van der Waals surface area contributed by atoms with Crippen LogP contribution in [0.3, 0.4) is 0 Å². The van der Waals surface area contributed by atoms with Crippen molar-refractivity contribution >= 4 is 15.8 Å². The van der Waals surface area contributed by atoms with E-state index in [0.29, 0.717) is 4.09 Å². The smallest absolute Gasteiger partial charge is 0.358 e. The molecule has 0 unspecified atom stereocenters. The van der Waals surface area contributed by atoms with E-state index >= 15 is 0 Å². The van der Waals surface area contributed by atoms with Crippen LogP contribution in [0.25, 0.3) is 0 Å². The minimum Gasteiger partial charge on any atom is -0.358 e. The second-order valence-electron chi connectivity index (χ2n) is 3.36. The van der Waals surface area contributed by atoms with Crippen LogP contribution in [0.15, 0.2) is 6.20 Å². The summed E-state index contributed by atoms with van der Waals surface area (Å²) in [4.78, 5) is 9.76. The van der Waals surface area contributed by atoms with Crippen molar-refractivity contribution in [2.75, 3.05) is 0 Å². The standard InChI is InChI=1S/C7H11N3O4S/c1-5(2)15(13,14)9-4-6(3)7(8-9)10(11)12/h4-5H,1-3H3. The van der Waals surface area contributed by atoms with Crippen LogP contribution in [0.2, 0.25) is 0 Å². The minimum atomic E-state index is -3.61. The van der Waals surface area contributed by atoms with E-state index < -0.39 is 26.0 Å². The highest BCUT2D eigenvalue weighted by atomic mass is 32.2. The molecule has 0 fully saturated rings. The molecule has 0 N–H and O–H groups in total. The average Bonchev–Trinajstić information content (AvgIpc) is 2.47. The molecule has 0 radical (unpaired) electrons. The number of aromatic nitrogens is 2. The molecule has 0 bridgehead atoms. The molecule has 0 amide bonds. The molecule has 0 aliphatic rings. The average molecular weight is 233 g/mol. The van der Waals surface area contributed by atoms with Gasteiger partial charge in [-0.05, 0) is 25.7 Å². The molecule has 15 heavy (non-hydrogen) atoms. The Morgan fingerprint density at radius 3 is 2.40 bits per heavy atom. The molecular formula is C7H11N3O4S. The fraction of sp³-hybridized carbons (Fsp3) is 0.571. The predicted molar refractivity (Wildman–Crippen MR) is 53.1 cm³/mol. The van der Waals surface area contributed by atoms with E-state index in [2.05, 4.69) is 5.10 Å². The van der Waals surface area contributed by atoms with Crippen LogP contribution in [0.5, 0.6) is 0 Å². The summed E-state index contributed by atoms with van der Waals surface area (Å²) in [5.74, 6) is -0.431. The first-order chi connectivity index (χ1) is 6.76. The zero-order valence-corrected chi connectivity index (χ0v) is 9.35. The molecule has 1 heterocycles. The Bertz CT molecular complexity index is 488. The Morgan fingerprint density at radius 2 is 2.07 bits per heavy atom. The summed E-state index contributed by atoms with van der Waals surface area (Å²) in [6.07, 6.45) is 1.15. The number of nitro groups is 1. The second kappa shape index (κ2) is 3.61. The van der Waals surface area contributed by atoms with Crippen molar-refractivity contribution in [3.63, 3.8) is 0 Å². The quantitative estimate of drug-likeness (QED) is 0.565. The van der Waals surface area contributed by atoms with Crippen molar-refractivity contribution < 1.29 is 13.3 Å². The number of aryl methyl sites for hydroxylation is 1. The monoisotopic (exact) mass is 233 g/mol. The van der Waals surface area contributed by atoms with E-state index in [1.54, 1.807) is 0 Å². The lowest BCUT2D eigenvalue weighted by Crippen LogP contribution is -2.22. The molecule has 84 valence electrons. The highest BCUT2D eigenvalue weighted by molar-refractivity contribution is 7.90. The predicted octanol–water partition coefficient (Wildman–Crippen LogP) is 0.686. The summed E-state index contributed by atoms with van der Waals surface area (Å²) in [6, 6.07) is 0. The molecule has 7 nitrogen and oxygen atoms in total. The summed E-state index contributed by atoms with van der Waals surface area (Å²) < 4.78 is 23.9. The van der Waals surface area contributed by atoms with E-state index in [1.807, 2.05) is 0 Å². The molecule has 0 aromatic carbocycles. The van der Waals surface area contributed by atoms with Gasteiger partial charge in [0.2, 0.25) is 0 Å². The third kappa shape index (κ3) is 1.99. The SMILES string of the molecule is Cc1cn(S(=O)(=O)C(C)C)nc1[N+](=O)[O-]. The number of hydrogen-bond donors (Lipinski definition) is 0. The summed E-state index contributed by atoms with van der Waals surface area (Å²) >= 11 is 0. The van der Waals surface area contributed by atoms with Crippen LogP contribution >= 0.6 is 0 Å². The molecule has 0 atom stereocenters. The summed E-state index contributed by atoms with van der Waals surface area (Å²) in [5, 5.41) is 13.2. The van der Waals surface area contributed by atoms with Gasteiger partial charge in [-0.3, -0.25) is 0 Å². The number of rotatable bonds is 3. The van der Waals surface area contributed by atoms with Gasteiger partial charge in [-0.2, -0.15) is 0 Å². The summed E-state index contributed by atoms with van der Waals surface area (Å²) in [6.45, 7) is 4.41. The van der Waals surface area contributed by atoms with Crippen molar-refractivity contribution in [2.24, 2.45) is 0 Å². The first-order valence-electron chi connectivity index (χ1n) is 4.22. The van der Waals surface area contributed by atoms with Gasteiger partial charge in [0.15, 0.2) is 0 Å². The zero-order valence-electron chi connectivity index (χ0n) is 8.54. The maximum absolute atomic E-state index is 11.6. The minimum absolute atomic E-state index is 0.226. The fourth-order valence-electron chi connectivity index (χ4n) is 0.951. The molecule has 0 saturated carbocycles. The van der Waals surface area contributed by atoms with Crippen LogP contribution in [0, 0.1) is 17.0 Å². The van der Waals surface area contributed by atoms with Crippen LogP contribution in [-0.4, -0.2) is 27.8 Å². The van der Waals surface area contributed by atoms with Crippen molar-refractivity contribution in [1.29, 1.82) is 0 Å². The molecule has 0 saturated heterocycles. The Morgan fingerprint density at radius 1 is 1.53 bits per heavy atom. The van der Waals surface area contributed by atoms with Gasteiger partial charge in [-0.25, -0.2) is 8.42 Å². The Labute approximate surface area is 86.9 Å². The lowest BCUT2D eigenvalue weighted by atomic mass is 10.4. The van der Waals surface area contributed by atoms with Crippen LogP contribution in [0.1, 0.15) is 19.4 Å². The molecule has 0 spiro atoms. The van der Waals surface area contributed by atoms with Crippen LogP contribution in [0.4, 0.5) is 5.82 Å². The number of nitrogens with zero attached hydrogens (tertiary/aromatic N) is 3. The van der Waals surface area contributed by atoms with Gasteiger partial charge < -0.3 is 10.1 Å². The maximum atomic E-state index is 11.6. The maximum Gasteiger partial charge on any atom is 0.394 e. The highest BCUT2D eigenvalue weighted by Crippen LogP contribution is 2.16. The molecule has 8 heteroatoms. The van der Waals surface area contributed by atoms with Gasteiger partial charge in [-0.15, -0.1) is 0 Å². The van der Waals surface area contributed by atoms with Gasteiger partial charge in [0.25, 0.3) is 10.0 Å². The number of hydrogen-bond acceptors (Lipinski definition) is 5. The van der Waals surface area contributed by atoms with E-state index in [-0.39, 0.29) is 5.56 Å². The summed E-state index contributed by atoms with van der Waals surface area (Å²) in [5.41, 5.74) is 0.226. The Hall–Kier alpha value is -1.44. The van der Waals surface area contributed by atoms with Crippen molar-refractivity contribution in [1.82, 2.24) is 9.19 Å². The normalized spacial score (nSPS) is 12.0. The van der Waals surface area contributed by atoms with Gasteiger partial charge >= 0.3 is 5.82 Å². The van der Waals surface area contributed by atoms with E-state index in [1.165, 1.54) is 20.8 Å². The highest BCUT2D eigenvalue weighted by Gasteiger charge is 2.27. The molecule has 0 aliphatic carbocycles. The van der Waals surface area contributed by atoms with Crippen LogP contribution < -0.4 is 0 Å². The Kier molecular flexibility index (Phi) is 2.80. The largest absolute Gasteiger partial charge is 0.394 e. The molecule has 1 aromatic heterocycles. The Balaban J connectivity index is 3.31. The molecule has 1 aromatic rings. The van der Waals surface area contributed by atoms with Crippen molar-refractivity contribution in [2.45, 2.75) is 26.0 Å². The third-order valence-electron chi connectivity index (χ3n) is 1.88. The molecule has 1 rings (SSSR count). The van der Waals surface area contributed by atoms with Gasteiger partial charge in [-0.1, -0.05) is 4.09 Å². The first-order valence-corrected chi connectivity index (χ1v) is 5.72. The van der Waals surface area contributed by atoms with Gasteiger partial charge in [0, 0.05) is 0 Å². The first kappa shape index (κ1) is 11.6. The van der Waals surface area contributed by atoms with Crippen molar-refractivity contribution in [3.8, 4) is 0 Å². The van der Waals surface area contributed by atoms with Gasteiger partial charge in [0.1, 0.15) is 0 Å².